The molecular weight excluding hydrogens is 238 g/mol. The molecule has 0 aromatic heterocycles. The normalized spacial score (nSPS) is 10.2. The maximum Gasteiger partial charge on any atom is 0.120 e. The van der Waals surface area contributed by atoms with Crippen LogP contribution in [0.5, 0.6) is 11.5 Å². The van der Waals surface area contributed by atoms with Crippen LogP contribution in [0.2, 0.25) is 0 Å². The summed E-state index contributed by atoms with van der Waals surface area (Å²) in [7, 11) is 1.62. The van der Waals surface area contributed by atoms with Gasteiger partial charge in [0.2, 0.25) is 0 Å². The van der Waals surface area contributed by atoms with Crippen molar-refractivity contribution in [3.63, 3.8) is 0 Å². The molecular formula is C16H19NO2. The van der Waals surface area contributed by atoms with E-state index in [1.807, 2.05) is 18.2 Å². The predicted molar refractivity (Wildman–Crippen MR) is 77.8 cm³/mol. The third kappa shape index (κ3) is 3.19. The van der Waals surface area contributed by atoms with Crippen molar-refractivity contribution >= 4 is 5.69 Å². The lowest BCUT2D eigenvalue weighted by molar-refractivity contribution is 0.411. The molecule has 19 heavy (non-hydrogen) atoms. The fourth-order valence-corrected chi connectivity index (χ4v) is 2.02. The van der Waals surface area contributed by atoms with E-state index < -0.39 is 0 Å². The smallest absolute Gasteiger partial charge is 0.120 e. The minimum Gasteiger partial charge on any atom is -0.508 e. The number of hydrogen-bond acceptors (Lipinski definition) is 3. The predicted octanol–water partition coefficient (Wildman–Crippen LogP) is 3.58. The molecule has 0 heterocycles. The molecule has 0 saturated carbocycles. The Morgan fingerprint density at radius 3 is 2.63 bits per heavy atom. The largest absolute Gasteiger partial charge is 0.508 e. The molecule has 2 aromatic rings. The molecule has 0 aliphatic rings. The highest BCUT2D eigenvalue weighted by molar-refractivity contribution is 5.52. The van der Waals surface area contributed by atoms with E-state index in [2.05, 4.69) is 24.4 Å². The van der Waals surface area contributed by atoms with Crippen molar-refractivity contribution < 1.29 is 9.84 Å². The van der Waals surface area contributed by atoms with Crippen LogP contribution < -0.4 is 10.1 Å². The molecule has 2 rings (SSSR count). The zero-order valence-electron chi connectivity index (χ0n) is 11.3. The Morgan fingerprint density at radius 2 is 1.89 bits per heavy atom. The fourth-order valence-electron chi connectivity index (χ4n) is 2.02. The molecule has 0 aliphatic heterocycles. The Labute approximate surface area is 113 Å². The Kier molecular flexibility index (Phi) is 4.29. The fraction of sp³-hybridized carbons (Fsp3) is 0.250. The first-order valence-corrected chi connectivity index (χ1v) is 6.42. The first-order valence-electron chi connectivity index (χ1n) is 6.42. The van der Waals surface area contributed by atoms with Crippen LogP contribution in [-0.2, 0) is 13.0 Å². The molecule has 0 saturated heterocycles. The zero-order chi connectivity index (χ0) is 13.7. The van der Waals surface area contributed by atoms with E-state index in [1.165, 1.54) is 5.56 Å². The van der Waals surface area contributed by atoms with Crippen LogP contribution in [-0.4, -0.2) is 12.2 Å². The van der Waals surface area contributed by atoms with E-state index in [9.17, 15) is 5.11 Å². The number of phenolic OH excluding ortho intramolecular Hbond substituents is 1. The van der Waals surface area contributed by atoms with Crippen LogP contribution in [0, 0.1) is 0 Å². The van der Waals surface area contributed by atoms with Gasteiger partial charge in [-0.3, -0.25) is 0 Å². The van der Waals surface area contributed by atoms with Crippen molar-refractivity contribution in [2.75, 3.05) is 12.4 Å². The molecule has 0 amide bonds. The number of para-hydroxylation sites is 1. The highest BCUT2D eigenvalue weighted by atomic mass is 16.5. The van der Waals surface area contributed by atoms with Gasteiger partial charge in [-0.05, 0) is 36.2 Å². The zero-order valence-corrected chi connectivity index (χ0v) is 11.3. The van der Waals surface area contributed by atoms with Gasteiger partial charge in [-0.1, -0.05) is 25.1 Å². The van der Waals surface area contributed by atoms with E-state index in [1.54, 1.807) is 19.2 Å². The number of ether oxygens (including phenoxy) is 1. The Bertz CT molecular complexity index is 552. The minimum atomic E-state index is 0.280. The van der Waals surface area contributed by atoms with Crippen molar-refractivity contribution in [3.8, 4) is 11.5 Å². The first-order chi connectivity index (χ1) is 9.24. The van der Waals surface area contributed by atoms with Crippen LogP contribution >= 0.6 is 0 Å². The maximum atomic E-state index is 9.84. The lowest BCUT2D eigenvalue weighted by atomic mass is 10.1. The first kappa shape index (κ1) is 13.3. The van der Waals surface area contributed by atoms with Crippen molar-refractivity contribution in [1.29, 1.82) is 0 Å². The monoisotopic (exact) mass is 257 g/mol. The number of nitrogens with one attached hydrogen (secondary N) is 1. The summed E-state index contributed by atoms with van der Waals surface area (Å²) in [6, 6.07) is 13.4. The number of aromatic hydroxyl groups is 1. The van der Waals surface area contributed by atoms with E-state index in [0.717, 1.165) is 23.4 Å². The van der Waals surface area contributed by atoms with Crippen LogP contribution in [0.15, 0.2) is 42.5 Å². The van der Waals surface area contributed by atoms with Gasteiger partial charge in [0.25, 0.3) is 0 Å². The van der Waals surface area contributed by atoms with Gasteiger partial charge < -0.3 is 15.2 Å². The molecule has 0 aliphatic carbocycles. The third-order valence-electron chi connectivity index (χ3n) is 3.15. The second-order valence-corrected chi connectivity index (χ2v) is 4.36. The summed E-state index contributed by atoms with van der Waals surface area (Å²) in [6.45, 7) is 2.70. The van der Waals surface area contributed by atoms with E-state index in [4.69, 9.17) is 4.74 Å². The molecule has 0 fully saturated rings. The summed E-state index contributed by atoms with van der Waals surface area (Å²) in [4.78, 5) is 0. The van der Waals surface area contributed by atoms with Crippen molar-refractivity contribution in [2.45, 2.75) is 19.9 Å². The SMILES string of the molecule is CCc1ccccc1NCc1cc(OC)ccc1O. The Morgan fingerprint density at radius 1 is 1.11 bits per heavy atom. The van der Waals surface area contributed by atoms with E-state index >= 15 is 0 Å². The molecule has 0 atom stereocenters. The molecule has 2 N–H and O–H groups in total. The lowest BCUT2D eigenvalue weighted by Gasteiger charge is -2.12. The van der Waals surface area contributed by atoms with Gasteiger partial charge in [-0.2, -0.15) is 0 Å². The van der Waals surface area contributed by atoms with Crippen LogP contribution in [0.1, 0.15) is 18.1 Å². The van der Waals surface area contributed by atoms with Gasteiger partial charge in [0.1, 0.15) is 11.5 Å². The molecule has 2 aromatic carbocycles. The number of methoxy groups -OCH3 is 1. The summed E-state index contributed by atoms with van der Waals surface area (Å²) < 4.78 is 5.17. The molecule has 100 valence electrons. The summed E-state index contributed by atoms with van der Waals surface area (Å²) in [5.41, 5.74) is 3.20. The number of anilines is 1. The van der Waals surface area contributed by atoms with E-state index in [-0.39, 0.29) is 5.75 Å². The van der Waals surface area contributed by atoms with Gasteiger partial charge in [0.05, 0.1) is 7.11 Å². The average molecular weight is 257 g/mol. The van der Waals surface area contributed by atoms with Gasteiger partial charge >= 0.3 is 0 Å². The summed E-state index contributed by atoms with van der Waals surface area (Å²) >= 11 is 0. The molecule has 0 spiro atoms. The Balaban J connectivity index is 2.14. The average Bonchev–Trinajstić information content (AvgIpc) is 2.46. The number of rotatable bonds is 5. The molecule has 0 unspecified atom stereocenters. The highest BCUT2D eigenvalue weighted by Gasteiger charge is 2.04. The maximum absolute atomic E-state index is 9.84. The second-order valence-electron chi connectivity index (χ2n) is 4.36. The van der Waals surface area contributed by atoms with Crippen molar-refractivity contribution in [1.82, 2.24) is 0 Å². The molecule has 3 heteroatoms. The molecule has 0 radical (unpaired) electrons. The second kappa shape index (κ2) is 6.14. The topological polar surface area (TPSA) is 41.5 Å². The van der Waals surface area contributed by atoms with Gasteiger partial charge in [-0.25, -0.2) is 0 Å². The molecule has 0 bridgehead atoms. The van der Waals surface area contributed by atoms with Gasteiger partial charge in [-0.15, -0.1) is 0 Å². The number of hydrogen-bond donors (Lipinski definition) is 2. The van der Waals surface area contributed by atoms with Crippen LogP contribution in [0.3, 0.4) is 0 Å². The van der Waals surface area contributed by atoms with Crippen LogP contribution in [0.4, 0.5) is 5.69 Å². The number of aryl methyl sites for hydroxylation is 1. The Hall–Kier alpha value is -2.16. The standard InChI is InChI=1S/C16H19NO2/c1-3-12-6-4-5-7-15(12)17-11-13-10-14(19-2)8-9-16(13)18/h4-10,17-18H,3,11H2,1-2H3. The van der Waals surface area contributed by atoms with Gasteiger partial charge in [0, 0.05) is 17.8 Å². The summed E-state index contributed by atoms with van der Waals surface area (Å²) in [6.07, 6.45) is 0.979. The summed E-state index contributed by atoms with van der Waals surface area (Å²) in [5, 5.41) is 13.2. The minimum absolute atomic E-state index is 0.280. The quantitative estimate of drug-likeness (QED) is 0.860. The van der Waals surface area contributed by atoms with E-state index in [0.29, 0.717) is 6.54 Å². The molecule has 3 nitrogen and oxygen atoms in total. The lowest BCUT2D eigenvalue weighted by Crippen LogP contribution is -2.02. The van der Waals surface area contributed by atoms with Crippen molar-refractivity contribution in [3.05, 3.63) is 53.6 Å². The highest BCUT2D eigenvalue weighted by Crippen LogP contribution is 2.24. The van der Waals surface area contributed by atoms with Crippen molar-refractivity contribution in [2.24, 2.45) is 0 Å². The number of benzene rings is 2. The summed E-state index contributed by atoms with van der Waals surface area (Å²) in [5.74, 6) is 1.03. The van der Waals surface area contributed by atoms with Gasteiger partial charge in [0.15, 0.2) is 0 Å². The van der Waals surface area contributed by atoms with Crippen LogP contribution in [0.25, 0.3) is 0 Å². The third-order valence-corrected chi connectivity index (χ3v) is 3.15. The number of phenols is 1.